The summed E-state index contributed by atoms with van der Waals surface area (Å²) in [5.74, 6) is 1.46. The fourth-order valence-corrected chi connectivity index (χ4v) is 2.48. The van der Waals surface area contributed by atoms with Gasteiger partial charge in [-0.15, -0.1) is 0 Å². The van der Waals surface area contributed by atoms with Crippen molar-refractivity contribution in [3.8, 4) is 5.88 Å². The lowest BCUT2D eigenvalue weighted by atomic mass is 9.91. The molecule has 106 valence electrons. The summed E-state index contributed by atoms with van der Waals surface area (Å²) < 4.78 is 5.59. The van der Waals surface area contributed by atoms with Crippen LogP contribution in [0, 0.1) is 0 Å². The molecule has 5 heteroatoms. The summed E-state index contributed by atoms with van der Waals surface area (Å²) in [5, 5.41) is 0. The maximum absolute atomic E-state index is 5.95. The molecule has 0 atom stereocenters. The molecule has 1 aromatic heterocycles. The van der Waals surface area contributed by atoms with Gasteiger partial charge in [0.25, 0.3) is 0 Å². The maximum Gasteiger partial charge on any atom is 0.234 e. The van der Waals surface area contributed by atoms with E-state index >= 15 is 0 Å². The molecule has 0 spiro atoms. The van der Waals surface area contributed by atoms with Gasteiger partial charge in [-0.25, -0.2) is 0 Å². The lowest BCUT2D eigenvalue weighted by Gasteiger charge is -2.34. The predicted molar refractivity (Wildman–Crippen MR) is 76.4 cm³/mol. The molecular formula is C14H24N4O. The van der Waals surface area contributed by atoms with Crippen LogP contribution in [0.1, 0.15) is 39.5 Å². The SMILES string of the molecule is CC(C)Oc1cncc(N(C)C2CCC(N)CC2)n1. The first-order chi connectivity index (χ1) is 9.06. The molecule has 5 nitrogen and oxygen atoms in total. The second-order valence-corrected chi connectivity index (χ2v) is 5.56. The van der Waals surface area contributed by atoms with Gasteiger partial charge < -0.3 is 15.4 Å². The van der Waals surface area contributed by atoms with Crippen molar-refractivity contribution in [2.24, 2.45) is 5.73 Å². The van der Waals surface area contributed by atoms with Gasteiger partial charge >= 0.3 is 0 Å². The first-order valence-corrected chi connectivity index (χ1v) is 7.03. The molecule has 1 aliphatic rings. The number of rotatable bonds is 4. The lowest BCUT2D eigenvalue weighted by molar-refractivity contribution is 0.231. The Morgan fingerprint density at radius 3 is 2.58 bits per heavy atom. The van der Waals surface area contributed by atoms with Gasteiger partial charge in [-0.2, -0.15) is 4.98 Å². The van der Waals surface area contributed by atoms with Gasteiger partial charge in [0, 0.05) is 19.1 Å². The van der Waals surface area contributed by atoms with Gasteiger partial charge in [-0.05, 0) is 39.5 Å². The van der Waals surface area contributed by atoms with Crippen molar-refractivity contribution in [1.82, 2.24) is 9.97 Å². The number of ether oxygens (including phenoxy) is 1. The Labute approximate surface area is 115 Å². The normalized spacial score (nSPS) is 23.4. The average Bonchev–Trinajstić information content (AvgIpc) is 2.38. The van der Waals surface area contributed by atoms with Crippen molar-refractivity contribution in [2.75, 3.05) is 11.9 Å². The van der Waals surface area contributed by atoms with E-state index in [1.807, 2.05) is 13.8 Å². The van der Waals surface area contributed by atoms with Crippen LogP contribution in [-0.4, -0.2) is 35.2 Å². The quantitative estimate of drug-likeness (QED) is 0.900. The Kier molecular flexibility index (Phi) is 4.58. The van der Waals surface area contributed by atoms with Crippen LogP contribution in [0.25, 0.3) is 0 Å². The summed E-state index contributed by atoms with van der Waals surface area (Å²) in [6.45, 7) is 3.97. The van der Waals surface area contributed by atoms with E-state index in [-0.39, 0.29) is 6.10 Å². The average molecular weight is 264 g/mol. The van der Waals surface area contributed by atoms with Crippen molar-refractivity contribution in [1.29, 1.82) is 0 Å². The second kappa shape index (κ2) is 6.19. The molecule has 0 aromatic carbocycles. The zero-order valence-electron chi connectivity index (χ0n) is 12.0. The summed E-state index contributed by atoms with van der Waals surface area (Å²) in [4.78, 5) is 10.9. The van der Waals surface area contributed by atoms with Crippen molar-refractivity contribution in [2.45, 2.75) is 57.7 Å². The van der Waals surface area contributed by atoms with Crippen LogP contribution in [0.5, 0.6) is 5.88 Å². The van der Waals surface area contributed by atoms with E-state index in [0.29, 0.717) is 18.0 Å². The highest BCUT2D eigenvalue weighted by atomic mass is 16.5. The van der Waals surface area contributed by atoms with Crippen LogP contribution in [-0.2, 0) is 0 Å². The molecule has 1 heterocycles. The largest absolute Gasteiger partial charge is 0.474 e. The zero-order chi connectivity index (χ0) is 13.8. The standard InChI is InChI=1S/C14H24N4O/c1-10(2)19-14-9-16-8-13(17-14)18(3)12-6-4-11(15)5-7-12/h8-12H,4-7,15H2,1-3H3. The van der Waals surface area contributed by atoms with Crippen molar-refractivity contribution >= 4 is 5.82 Å². The molecule has 1 saturated carbocycles. The van der Waals surface area contributed by atoms with Crippen LogP contribution in [0.3, 0.4) is 0 Å². The Morgan fingerprint density at radius 2 is 1.95 bits per heavy atom. The third-order valence-corrected chi connectivity index (χ3v) is 3.61. The van der Waals surface area contributed by atoms with Gasteiger partial charge in [-0.1, -0.05) is 0 Å². The predicted octanol–water partition coefficient (Wildman–Crippen LogP) is 1.97. The Bertz CT molecular complexity index is 402. The lowest BCUT2D eigenvalue weighted by Crippen LogP contribution is -2.39. The van der Waals surface area contributed by atoms with Gasteiger partial charge in [0.1, 0.15) is 0 Å². The molecule has 0 aliphatic heterocycles. The third-order valence-electron chi connectivity index (χ3n) is 3.61. The van der Waals surface area contributed by atoms with E-state index in [2.05, 4.69) is 21.9 Å². The zero-order valence-corrected chi connectivity index (χ0v) is 12.0. The minimum absolute atomic E-state index is 0.113. The smallest absolute Gasteiger partial charge is 0.234 e. The topological polar surface area (TPSA) is 64.3 Å². The van der Waals surface area contributed by atoms with E-state index in [0.717, 1.165) is 31.5 Å². The number of nitrogens with zero attached hydrogens (tertiary/aromatic N) is 3. The Balaban J connectivity index is 2.04. The minimum Gasteiger partial charge on any atom is -0.474 e. The van der Waals surface area contributed by atoms with E-state index in [1.165, 1.54) is 0 Å². The van der Waals surface area contributed by atoms with Gasteiger partial charge in [0.2, 0.25) is 5.88 Å². The van der Waals surface area contributed by atoms with Crippen LogP contribution in [0.4, 0.5) is 5.82 Å². The number of nitrogens with two attached hydrogens (primary N) is 1. The molecule has 1 fully saturated rings. The fraction of sp³-hybridized carbons (Fsp3) is 0.714. The Morgan fingerprint density at radius 1 is 1.26 bits per heavy atom. The highest BCUT2D eigenvalue weighted by Crippen LogP contribution is 2.25. The van der Waals surface area contributed by atoms with Gasteiger partial charge in [0.15, 0.2) is 5.82 Å². The first kappa shape index (κ1) is 14.1. The molecular weight excluding hydrogens is 240 g/mol. The van der Waals surface area contributed by atoms with Crippen molar-refractivity contribution in [3.05, 3.63) is 12.4 Å². The molecule has 0 unspecified atom stereocenters. The summed E-state index contributed by atoms with van der Waals surface area (Å²) in [5.41, 5.74) is 5.95. The second-order valence-electron chi connectivity index (χ2n) is 5.56. The number of hydrogen-bond acceptors (Lipinski definition) is 5. The molecule has 0 amide bonds. The number of aromatic nitrogens is 2. The fourth-order valence-electron chi connectivity index (χ4n) is 2.48. The summed E-state index contributed by atoms with van der Waals surface area (Å²) >= 11 is 0. The van der Waals surface area contributed by atoms with Crippen LogP contribution in [0.2, 0.25) is 0 Å². The first-order valence-electron chi connectivity index (χ1n) is 7.03. The van der Waals surface area contributed by atoms with E-state index in [9.17, 15) is 0 Å². The van der Waals surface area contributed by atoms with Crippen molar-refractivity contribution in [3.63, 3.8) is 0 Å². The van der Waals surface area contributed by atoms with E-state index in [4.69, 9.17) is 10.5 Å². The summed E-state index contributed by atoms with van der Waals surface area (Å²) in [7, 11) is 2.07. The molecule has 2 N–H and O–H groups in total. The monoisotopic (exact) mass is 264 g/mol. The molecule has 19 heavy (non-hydrogen) atoms. The highest BCUT2D eigenvalue weighted by Gasteiger charge is 2.23. The number of anilines is 1. The third kappa shape index (κ3) is 3.80. The molecule has 1 aliphatic carbocycles. The van der Waals surface area contributed by atoms with Crippen LogP contribution < -0.4 is 15.4 Å². The van der Waals surface area contributed by atoms with Gasteiger partial charge in [0.05, 0.1) is 18.5 Å². The van der Waals surface area contributed by atoms with Gasteiger partial charge in [-0.3, -0.25) is 4.98 Å². The number of hydrogen-bond donors (Lipinski definition) is 1. The Hall–Kier alpha value is -1.36. The molecule has 2 rings (SSSR count). The summed E-state index contributed by atoms with van der Waals surface area (Å²) in [6.07, 6.45) is 7.98. The van der Waals surface area contributed by atoms with Crippen LogP contribution >= 0.6 is 0 Å². The summed E-state index contributed by atoms with van der Waals surface area (Å²) in [6, 6.07) is 0.870. The highest BCUT2D eigenvalue weighted by molar-refractivity contribution is 5.38. The molecule has 1 aromatic rings. The van der Waals surface area contributed by atoms with Crippen LogP contribution in [0.15, 0.2) is 12.4 Å². The molecule has 0 saturated heterocycles. The maximum atomic E-state index is 5.95. The van der Waals surface area contributed by atoms with Crippen molar-refractivity contribution < 1.29 is 4.74 Å². The molecule has 0 radical (unpaired) electrons. The van der Waals surface area contributed by atoms with E-state index < -0.39 is 0 Å². The van der Waals surface area contributed by atoms with E-state index in [1.54, 1.807) is 12.4 Å². The molecule has 0 bridgehead atoms. The minimum atomic E-state index is 0.113.